The van der Waals surface area contributed by atoms with Crippen LogP contribution in [-0.2, 0) is 16.1 Å². The molecular formula is C21H23BrFN5O6S. The summed E-state index contributed by atoms with van der Waals surface area (Å²) in [6.07, 6.45) is -0.285. The van der Waals surface area contributed by atoms with Crippen LogP contribution in [0.15, 0.2) is 36.6 Å². The molecule has 0 fully saturated rings. The summed E-state index contributed by atoms with van der Waals surface area (Å²) in [5.74, 6) is -0.863. The lowest BCUT2D eigenvalue weighted by molar-refractivity contribution is -0.109. The SMILES string of the molecule is CC(=O)SCCCN(C(=O)OC(C)(C)C)c1nonc1-c1noc(=O)n1Cc1ccc(F)c(Br)c1. The van der Waals surface area contributed by atoms with E-state index in [1.54, 1.807) is 20.8 Å². The molecule has 0 aliphatic heterocycles. The van der Waals surface area contributed by atoms with Crippen LogP contribution >= 0.6 is 27.7 Å². The first-order valence-corrected chi connectivity index (χ1v) is 12.2. The smallest absolute Gasteiger partial charge is 0.442 e. The van der Waals surface area contributed by atoms with Gasteiger partial charge in [0.05, 0.1) is 11.0 Å². The van der Waals surface area contributed by atoms with Gasteiger partial charge in [0, 0.05) is 19.2 Å². The second-order valence-electron chi connectivity index (χ2n) is 8.37. The lowest BCUT2D eigenvalue weighted by atomic mass is 10.2. The topological polar surface area (TPSA) is 134 Å². The van der Waals surface area contributed by atoms with Crippen molar-refractivity contribution in [2.75, 3.05) is 17.2 Å². The summed E-state index contributed by atoms with van der Waals surface area (Å²) in [4.78, 5) is 37.8. The molecular weight excluding hydrogens is 549 g/mol. The number of amides is 1. The molecule has 0 radical (unpaired) electrons. The van der Waals surface area contributed by atoms with E-state index in [2.05, 4.69) is 31.4 Å². The average molecular weight is 572 g/mol. The van der Waals surface area contributed by atoms with Gasteiger partial charge < -0.3 is 4.74 Å². The Bertz CT molecular complexity index is 1270. The standard InChI is InChI=1S/C21H23BrFN5O6S/c1-12(29)35-9-5-8-27(19(30)32-21(2,3)4)18-16(24-34-26-18)17-25-33-20(31)28(17)11-13-6-7-15(23)14(22)10-13/h6-7,10H,5,8-9,11H2,1-4H3. The fourth-order valence-electron chi connectivity index (χ4n) is 2.94. The second kappa shape index (κ2) is 11.2. The van der Waals surface area contributed by atoms with E-state index in [0.717, 1.165) is 16.3 Å². The molecule has 0 saturated heterocycles. The Morgan fingerprint density at radius 1 is 1.26 bits per heavy atom. The molecule has 0 atom stereocenters. The van der Waals surface area contributed by atoms with Crippen molar-refractivity contribution in [3.63, 3.8) is 0 Å². The van der Waals surface area contributed by atoms with Crippen molar-refractivity contribution in [2.45, 2.75) is 46.3 Å². The van der Waals surface area contributed by atoms with Crippen molar-refractivity contribution < 1.29 is 27.9 Å². The van der Waals surface area contributed by atoms with E-state index in [0.29, 0.717) is 17.7 Å². The Morgan fingerprint density at radius 2 is 2.00 bits per heavy atom. The summed E-state index contributed by atoms with van der Waals surface area (Å²) in [7, 11) is 0. The molecule has 0 spiro atoms. The Hall–Kier alpha value is -3.00. The summed E-state index contributed by atoms with van der Waals surface area (Å²) < 4.78 is 30.2. The zero-order valence-electron chi connectivity index (χ0n) is 19.4. The van der Waals surface area contributed by atoms with E-state index < -0.39 is 23.3 Å². The van der Waals surface area contributed by atoms with Crippen LogP contribution < -0.4 is 10.7 Å². The third-order valence-corrected chi connectivity index (χ3v) is 5.90. The molecule has 0 N–H and O–H groups in total. The summed E-state index contributed by atoms with van der Waals surface area (Å²) in [6, 6.07) is 4.27. The molecule has 0 bridgehead atoms. The number of hydrogen-bond acceptors (Lipinski definition) is 10. The lowest BCUT2D eigenvalue weighted by Gasteiger charge is -2.25. The third-order valence-electron chi connectivity index (χ3n) is 4.39. The van der Waals surface area contributed by atoms with Gasteiger partial charge in [-0.25, -0.2) is 18.6 Å². The fourth-order valence-corrected chi connectivity index (χ4v) is 3.93. The van der Waals surface area contributed by atoms with Crippen LogP contribution in [0.1, 0.15) is 39.7 Å². The van der Waals surface area contributed by atoms with Gasteiger partial charge >= 0.3 is 11.8 Å². The number of anilines is 1. The molecule has 0 unspecified atom stereocenters. The molecule has 14 heteroatoms. The highest BCUT2D eigenvalue weighted by molar-refractivity contribution is 9.10. The average Bonchev–Trinajstić information content (AvgIpc) is 3.36. The number of aromatic nitrogens is 4. The third kappa shape index (κ3) is 7.01. The van der Waals surface area contributed by atoms with Gasteiger partial charge in [0.25, 0.3) is 0 Å². The van der Waals surface area contributed by atoms with Crippen molar-refractivity contribution in [2.24, 2.45) is 0 Å². The Balaban J connectivity index is 1.95. The molecule has 2 heterocycles. The molecule has 188 valence electrons. The number of rotatable bonds is 8. The molecule has 3 rings (SSSR count). The van der Waals surface area contributed by atoms with Crippen molar-refractivity contribution in [1.82, 2.24) is 20.0 Å². The fraction of sp³-hybridized carbons (Fsp3) is 0.429. The largest absolute Gasteiger partial charge is 0.443 e. The van der Waals surface area contributed by atoms with Crippen molar-refractivity contribution in [3.05, 3.63) is 44.6 Å². The predicted molar refractivity (Wildman–Crippen MR) is 129 cm³/mol. The maximum Gasteiger partial charge on any atom is 0.442 e. The van der Waals surface area contributed by atoms with Gasteiger partial charge in [-0.15, -0.1) is 0 Å². The van der Waals surface area contributed by atoms with E-state index in [9.17, 15) is 18.8 Å². The minimum absolute atomic E-state index is 0.0233. The summed E-state index contributed by atoms with van der Waals surface area (Å²) in [5, 5.41) is 11.4. The predicted octanol–water partition coefficient (Wildman–Crippen LogP) is 4.25. The molecule has 3 aromatic rings. The van der Waals surface area contributed by atoms with Gasteiger partial charge in [-0.05, 0) is 71.1 Å². The first-order valence-electron chi connectivity index (χ1n) is 10.4. The number of halogens is 2. The Kier molecular flexibility index (Phi) is 8.48. The highest BCUT2D eigenvalue weighted by Gasteiger charge is 2.31. The number of benzene rings is 1. The maximum absolute atomic E-state index is 13.6. The molecule has 11 nitrogen and oxygen atoms in total. The number of thioether (sulfide) groups is 1. The molecule has 2 aromatic heterocycles. The number of carbonyl (C=O) groups excluding carboxylic acids is 2. The lowest BCUT2D eigenvalue weighted by Crippen LogP contribution is -2.38. The first kappa shape index (κ1) is 26.6. The maximum atomic E-state index is 13.6. The molecule has 1 aromatic carbocycles. The van der Waals surface area contributed by atoms with Crippen LogP contribution in [0, 0.1) is 5.82 Å². The molecule has 0 aliphatic carbocycles. The second-order valence-corrected chi connectivity index (χ2v) is 10.5. The highest BCUT2D eigenvalue weighted by atomic mass is 79.9. The van der Waals surface area contributed by atoms with Gasteiger partial charge in [0.2, 0.25) is 11.6 Å². The monoisotopic (exact) mass is 571 g/mol. The molecule has 35 heavy (non-hydrogen) atoms. The van der Waals surface area contributed by atoms with E-state index in [1.165, 1.54) is 30.0 Å². The number of carbonyl (C=O) groups is 2. The Labute approximate surface area is 212 Å². The van der Waals surface area contributed by atoms with E-state index in [1.807, 2.05) is 0 Å². The zero-order chi connectivity index (χ0) is 25.8. The van der Waals surface area contributed by atoms with Gasteiger partial charge in [0.1, 0.15) is 11.4 Å². The number of hydrogen-bond donors (Lipinski definition) is 0. The van der Waals surface area contributed by atoms with Crippen LogP contribution in [0.2, 0.25) is 0 Å². The van der Waals surface area contributed by atoms with Gasteiger partial charge in [0.15, 0.2) is 10.8 Å². The van der Waals surface area contributed by atoms with Gasteiger partial charge in [-0.1, -0.05) is 23.0 Å². The molecule has 1 amide bonds. The number of nitrogens with zero attached hydrogens (tertiary/aromatic N) is 5. The Morgan fingerprint density at radius 3 is 2.66 bits per heavy atom. The van der Waals surface area contributed by atoms with E-state index in [4.69, 9.17) is 13.9 Å². The molecule has 0 saturated carbocycles. The molecule has 0 aliphatic rings. The van der Waals surface area contributed by atoms with Crippen molar-refractivity contribution in [3.8, 4) is 11.5 Å². The first-order chi connectivity index (χ1) is 16.5. The summed E-state index contributed by atoms with van der Waals surface area (Å²) in [6.45, 7) is 6.71. The van der Waals surface area contributed by atoms with Crippen LogP contribution in [0.5, 0.6) is 0 Å². The van der Waals surface area contributed by atoms with E-state index >= 15 is 0 Å². The van der Waals surface area contributed by atoms with E-state index in [-0.39, 0.29) is 40.0 Å². The normalized spacial score (nSPS) is 11.5. The summed E-state index contributed by atoms with van der Waals surface area (Å²) in [5.41, 5.74) is -0.248. The van der Waals surface area contributed by atoms with Gasteiger partial charge in [-0.3, -0.25) is 18.8 Å². The summed E-state index contributed by atoms with van der Waals surface area (Å²) >= 11 is 4.24. The van der Waals surface area contributed by atoms with Crippen LogP contribution in [-0.4, -0.2) is 49.1 Å². The zero-order valence-corrected chi connectivity index (χ0v) is 21.8. The van der Waals surface area contributed by atoms with Gasteiger partial charge in [-0.2, -0.15) is 0 Å². The minimum atomic E-state index is -0.799. The van der Waals surface area contributed by atoms with Crippen LogP contribution in [0.3, 0.4) is 0 Å². The van der Waals surface area contributed by atoms with Crippen LogP contribution in [0.4, 0.5) is 15.0 Å². The minimum Gasteiger partial charge on any atom is -0.443 e. The highest BCUT2D eigenvalue weighted by Crippen LogP contribution is 2.28. The quantitative estimate of drug-likeness (QED) is 0.361. The van der Waals surface area contributed by atoms with Crippen LogP contribution in [0.25, 0.3) is 11.5 Å². The number of ether oxygens (including phenoxy) is 1. The van der Waals surface area contributed by atoms with Crippen molar-refractivity contribution in [1.29, 1.82) is 0 Å². The van der Waals surface area contributed by atoms with Crippen molar-refractivity contribution >= 4 is 44.7 Å².